The van der Waals surface area contributed by atoms with E-state index < -0.39 is 0 Å². The fourth-order valence-electron chi connectivity index (χ4n) is 1.36. The van der Waals surface area contributed by atoms with Gasteiger partial charge in [0, 0.05) is 13.1 Å². The zero-order valence-corrected chi connectivity index (χ0v) is 9.56. The number of rotatable bonds is 4. The van der Waals surface area contributed by atoms with Gasteiger partial charge in [0.05, 0.1) is 0 Å². The molecule has 2 nitrogen and oxygen atoms in total. The van der Waals surface area contributed by atoms with E-state index in [0.717, 1.165) is 13.1 Å². The van der Waals surface area contributed by atoms with Crippen molar-refractivity contribution in [2.24, 2.45) is 0 Å². The Labute approximate surface area is 97.2 Å². The molecule has 0 heterocycles. The summed E-state index contributed by atoms with van der Waals surface area (Å²) in [6.45, 7) is 1.71. The third-order valence-electron chi connectivity index (χ3n) is 2.09. The van der Waals surface area contributed by atoms with Crippen LogP contribution in [0.4, 0.5) is 0 Å². The van der Waals surface area contributed by atoms with Crippen LogP contribution in [-0.2, 0) is 6.54 Å². The van der Waals surface area contributed by atoms with Crippen molar-refractivity contribution in [1.82, 2.24) is 4.90 Å². The number of aliphatic hydroxyl groups is 1. The summed E-state index contributed by atoms with van der Waals surface area (Å²) in [5.74, 6) is 5.32. The van der Waals surface area contributed by atoms with Crippen molar-refractivity contribution in [1.29, 1.82) is 0 Å². The number of aliphatic hydroxyl groups excluding tert-OH is 1. The minimum absolute atomic E-state index is 0.0792. The lowest BCUT2D eigenvalue weighted by Crippen LogP contribution is -2.17. The highest BCUT2D eigenvalue weighted by atomic mass is 16.2. The maximum Gasteiger partial charge on any atom is 0.104 e. The fraction of sp³-hybridized carbons (Fsp3) is 0.286. The van der Waals surface area contributed by atoms with Crippen LogP contribution in [0.15, 0.2) is 42.5 Å². The van der Waals surface area contributed by atoms with E-state index in [1.165, 1.54) is 5.56 Å². The summed E-state index contributed by atoms with van der Waals surface area (Å²) >= 11 is 0. The highest BCUT2D eigenvalue weighted by molar-refractivity contribution is 5.16. The number of hydrogen-bond donors (Lipinski definition) is 1. The Bertz CT molecular complexity index is 373. The van der Waals surface area contributed by atoms with Gasteiger partial charge in [0.1, 0.15) is 6.61 Å². The second kappa shape index (κ2) is 7.70. The van der Waals surface area contributed by atoms with Crippen LogP contribution < -0.4 is 0 Å². The minimum atomic E-state index is -0.0792. The van der Waals surface area contributed by atoms with E-state index in [1.54, 1.807) is 6.08 Å². The number of benzene rings is 1. The monoisotopic (exact) mass is 215 g/mol. The summed E-state index contributed by atoms with van der Waals surface area (Å²) in [6, 6.07) is 10.4. The van der Waals surface area contributed by atoms with Gasteiger partial charge in [-0.05, 0) is 18.7 Å². The van der Waals surface area contributed by atoms with E-state index in [-0.39, 0.29) is 6.61 Å². The van der Waals surface area contributed by atoms with E-state index in [2.05, 4.69) is 35.9 Å². The molecule has 16 heavy (non-hydrogen) atoms. The smallest absolute Gasteiger partial charge is 0.104 e. The lowest BCUT2D eigenvalue weighted by molar-refractivity contribution is 0.350. The minimum Gasteiger partial charge on any atom is -0.384 e. The Morgan fingerprint density at radius 3 is 2.75 bits per heavy atom. The quantitative estimate of drug-likeness (QED) is 0.772. The van der Waals surface area contributed by atoms with Gasteiger partial charge in [0.2, 0.25) is 0 Å². The summed E-state index contributed by atoms with van der Waals surface area (Å²) in [5.41, 5.74) is 1.31. The summed E-state index contributed by atoms with van der Waals surface area (Å²) in [5, 5.41) is 8.45. The highest BCUT2D eigenvalue weighted by Gasteiger charge is 1.96. The Balaban J connectivity index is 2.31. The first-order valence-electron chi connectivity index (χ1n) is 5.29. The predicted molar refractivity (Wildman–Crippen MR) is 66.8 cm³/mol. The number of allylic oxidation sites excluding steroid dienone is 1. The van der Waals surface area contributed by atoms with E-state index >= 15 is 0 Å². The normalized spacial score (nSPS) is 10.4. The molecule has 0 aliphatic rings. The van der Waals surface area contributed by atoms with Gasteiger partial charge in [-0.15, -0.1) is 0 Å². The lowest BCUT2D eigenvalue weighted by atomic mass is 10.2. The van der Waals surface area contributed by atoms with Gasteiger partial charge in [-0.3, -0.25) is 4.90 Å². The number of nitrogens with zero attached hydrogens (tertiary/aromatic N) is 1. The first-order valence-corrected chi connectivity index (χ1v) is 5.29. The first kappa shape index (κ1) is 12.5. The molecule has 1 N–H and O–H groups in total. The van der Waals surface area contributed by atoms with Gasteiger partial charge < -0.3 is 5.11 Å². The van der Waals surface area contributed by atoms with Gasteiger partial charge in [-0.25, -0.2) is 0 Å². The van der Waals surface area contributed by atoms with Gasteiger partial charge in [0.25, 0.3) is 0 Å². The van der Waals surface area contributed by atoms with Crippen LogP contribution in [-0.4, -0.2) is 30.2 Å². The maximum atomic E-state index is 8.45. The maximum absolute atomic E-state index is 8.45. The van der Waals surface area contributed by atoms with E-state index in [4.69, 9.17) is 5.11 Å². The van der Waals surface area contributed by atoms with Crippen LogP contribution in [0.1, 0.15) is 5.56 Å². The van der Waals surface area contributed by atoms with E-state index in [0.29, 0.717) is 0 Å². The SMILES string of the molecule is CN(C/C=C\C#CCO)Cc1ccccc1. The number of likely N-dealkylation sites (N-methyl/N-ethyl adjacent to an activating group) is 1. The molecule has 1 rings (SSSR count). The van der Waals surface area contributed by atoms with Crippen molar-refractivity contribution in [2.45, 2.75) is 6.54 Å². The molecule has 0 saturated carbocycles. The van der Waals surface area contributed by atoms with Crippen molar-refractivity contribution in [3.8, 4) is 11.8 Å². The summed E-state index contributed by atoms with van der Waals surface area (Å²) in [6.07, 6.45) is 3.77. The van der Waals surface area contributed by atoms with Crippen molar-refractivity contribution >= 4 is 0 Å². The van der Waals surface area contributed by atoms with Crippen molar-refractivity contribution in [3.05, 3.63) is 48.0 Å². The summed E-state index contributed by atoms with van der Waals surface area (Å²) in [4.78, 5) is 2.20. The van der Waals surface area contributed by atoms with Crippen LogP contribution in [0.2, 0.25) is 0 Å². The van der Waals surface area contributed by atoms with Crippen LogP contribution in [0.5, 0.6) is 0 Å². The van der Waals surface area contributed by atoms with Gasteiger partial charge >= 0.3 is 0 Å². The topological polar surface area (TPSA) is 23.5 Å². The molecule has 0 radical (unpaired) electrons. The summed E-state index contributed by atoms with van der Waals surface area (Å²) in [7, 11) is 2.07. The zero-order chi connectivity index (χ0) is 11.6. The molecular formula is C14H17NO. The first-order chi connectivity index (χ1) is 7.83. The Morgan fingerprint density at radius 2 is 2.06 bits per heavy atom. The average molecular weight is 215 g/mol. The fourth-order valence-corrected chi connectivity index (χ4v) is 1.36. The van der Waals surface area contributed by atoms with E-state index in [9.17, 15) is 0 Å². The number of hydrogen-bond acceptors (Lipinski definition) is 2. The molecular weight excluding hydrogens is 198 g/mol. The Morgan fingerprint density at radius 1 is 1.31 bits per heavy atom. The molecule has 0 fully saturated rings. The second-order valence-electron chi connectivity index (χ2n) is 3.56. The molecule has 84 valence electrons. The van der Waals surface area contributed by atoms with Crippen molar-refractivity contribution in [2.75, 3.05) is 20.2 Å². The van der Waals surface area contributed by atoms with Gasteiger partial charge in [-0.1, -0.05) is 48.2 Å². The van der Waals surface area contributed by atoms with Crippen LogP contribution in [0, 0.1) is 11.8 Å². The Kier molecular flexibility index (Phi) is 6.02. The van der Waals surface area contributed by atoms with Crippen LogP contribution >= 0.6 is 0 Å². The molecule has 0 aromatic heterocycles. The lowest BCUT2D eigenvalue weighted by Gasteiger charge is -2.13. The molecule has 0 aliphatic heterocycles. The average Bonchev–Trinajstić information content (AvgIpc) is 2.30. The highest BCUT2D eigenvalue weighted by Crippen LogP contribution is 2.01. The Hall–Kier alpha value is -1.56. The summed E-state index contributed by atoms with van der Waals surface area (Å²) < 4.78 is 0. The standard InChI is InChI=1S/C14H17NO/c1-15(11-7-2-3-8-12-16)13-14-9-5-4-6-10-14/h2,4-7,9-10,16H,11-13H2,1H3/b7-2-. The molecule has 0 bridgehead atoms. The molecule has 1 aromatic rings. The van der Waals surface area contributed by atoms with Crippen molar-refractivity contribution < 1.29 is 5.11 Å². The second-order valence-corrected chi connectivity index (χ2v) is 3.56. The van der Waals surface area contributed by atoms with E-state index in [1.807, 2.05) is 24.3 Å². The molecule has 0 unspecified atom stereocenters. The van der Waals surface area contributed by atoms with Crippen molar-refractivity contribution in [3.63, 3.8) is 0 Å². The largest absolute Gasteiger partial charge is 0.384 e. The molecule has 2 heteroatoms. The molecule has 0 aliphatic carbocycles. The molecule has 0 saturated heterocycles. The molecule has 1 aromatic carbocycles. The van der Waals surface area contributed by atoms with Gasteiger partial charge in [-0.2, -0.15) is 0 Å². The molecule has 0 spiro atoms. The zero-order valence-electron chi connectivity index (χ0n) is 9.56. The van der Waals surface area contributed by atoms with Gasteiger partial charge in [0.15, 0.2) is 0 Å². The molecule has 0 amide bonds. The van der Waals surface area contributed by atoms with Crippen LogP contribution in [0.25, 0.3) is 0 Å². The third-order valence-corrected chi connectivity index (χ3v) is 2.09. The predicted octanol–water partition coefficient (Wildman–Crippen LogP) is 1.67. The third kappa shape index (κ3) is 5.35. The molecule has 0 atom stereocenters. The van der Waals surface area contributed by atoms with Crippen LogP contribution in [0.3, 0.4) is 0 Å².